The molecule has 0 aliphatic carbocycles. The smallest absolute Gasteiger partial charge is 0.263 e. The van der Waals surface area contributed by atoms with Crippen LogP contribution in [0, 0.1) is 5.82 Å². The van der Waals surface area contributed by atoms with Crippen LogP contribution in [0.25, 0.3) is 22.0 Å². The van der Waals surface area contributed by atoms with Gasteiger partial charge in [0.05, 0.1) is 5.69 Å². The first-order valence-corrected chi connectivity index (χ1v) is 11.4. The number of benzene rings is 3. The van der Waals surface area contributed by atoms with Gasteiger partial charge in [0.1, 0.15) is 11.6 Å². The fourth-order valence-corrected chi connectivity index (χ4v) is 4.29. The zero-order valence-corrected chi connectivity index (χ0v) is 18.9. The van der Waals surface area contributed by atoms with Gasteiger partial charge in [0, 0.05) is 37.8 Å². The summed E-state index contributed by atoms with van der Waals surface area (Å²) in [7, 11) is 0. The van der Waals surface area contributed by atoms with Crippen LogP contribution in [0.4, 0.5) is 10.2 Å². The van der Waals surface area contributed by atoms with Crippen LogP contribution in [-0.2, 0) is 4.79 Å². The molecule has 1 fully saturated rings. The molecule has 1 unspecified atom stereocenters. The standard InChI is InChI=1S/C27H25FN4O2/c1-19(34-22-9-5-8-21(28)18-22)27(33)32-16-14-31(15-17-32)26-13-12-25(29-30-26)24-11-4-7-20-6-2-3-10-23(20)24/h2-13,18-19H,14-17H2,1H3. The molecule has 6 nitrogen and oxygen atoms in total. The first-order valence-electron chi connectivity index (χ1n) is 11.4. The predicted molar refractivity (Wildman–Crippen MR) is 130 cm³/mol. The Kier molecular flexibility index (Phi) is 6.08. The Bertz CT molecular complexity index is 1300. The van der Waals surface area contributed by atoms with E-state index < -0.39 is 11.9 Å². The van der Waals surface area contributed by atoms with Gasteiger partial charge in [-0.05, 0) is 42.0 Å². The van der Waals surface area contributed by atoms with Crippen molar-refractivity contribution in [1.82, 2.24) is 15.1 Å². The molecule has 0 radical (unpaired) electrons. The number of aromatic nitrogens is 2. The van der Waals surface area contributed by atoms with Crippen molar-refractivity contribution >= 4 is 22.5 Å². The second-order valence-electron chi connectivity index (χ2n) is 8.33. The molecule has 172 valence electrons. The maximum absolute atomic E-state index is 13.4. The second-order valence-corrected chi connectivity index (χ2v) is 8.33. The zero-order valence-electron chi connectivity index (χ0n) is 18.9. The number of hydrogen-bond donors (Lipinski definition) is 0. The van der Waals surface area contributed by atoms with Crippen LogP contribution in [0.3, 0.4) is 0 Å². The first-order chi connectivity index (χ1) is 16.6. The van der Waals surface area contributed by atoms with Crippen LogP contribution < -0.4 is 9.64 Å². The van der Waals surface area contributed by atoms with Crippen molar-refractivity contribution in [2.24, 2.45) is 0 Å². The number of nitrogens with zero attached hydrogens (tertiary/aromatic N) is 4. The summed E-state index contributed by atoms with van der Waals surface area (Å²) in [6.07, 6.45) is -0.687. The fraction of sp³-hybridized carbons (Fsp3) is 0.222. The molecule has 0 spiro atoms. The van der Waals surface area contributed by atoms with Crippen LogP contribution in [-0.4, -0.2) is 53.3 Å². The monoisotopic (exact) mass is 456 g/mol. The van der Waals surface area contributed by atoms with Gasteiger partial charge in [0.15, 0.2) is 11.9 Å². The number of halogens is 1. The van der Waals surface area contributed by atoms with E-state index in [4.69, 9.17) is 4.74 Å². The first kappa shape index (κ1) is 21.8. The fourth-order valence-electron chi connectivity index (χ4n) is 4.29. The highest BCUT2D eigenvalue weighted by Gasteiger charge is 2.26. The molecule has 7 heteroatoms. The highest BCUT2D eigenvalue weighted by molar-refractivity contribution is 5.95. The van der Waals surface area contributed by atoms with E-state index in [0.717, 1.165) is 22.5 Å². The second kappa shape index (κ2) is 9.47. The molecule has 1 amide bonds. The Balaban J connectivity index is 1.21. The molecule has 1 aliphatic heterocycles. The number of carbonyl (C=O) groups is 1. The molecule has 5 rings (SSSR count). The van der Waals surface area contributed by atoms with E-state index in [0.29, 0.717) is 31.9 Å². The number of anilines is 1. The lowest BCUT2D eigenvalue weighted by molar-refractivity contribution is -0.138. The number of ether oxygens (including phenoxy) is 1. The molecule has 1 saturated heterocycles. The lowest BCUT2D eigenvalue weighted by atomic mass is 10.0. The van der Waals surface area contributed by atoms with Gasteiger partial charge in [-0.1, -0.05) is 48.5 Å². The summed E-state index contributed by atoms with van der Waals surface area (Å²) in [4.78, 5) is 16.7. The molecule has 1 aromatic heterocycles. The van der Waals surface area contributed by atoms with Crippen LogP contribution in [0.15, 0.2) is 78.9 Å². The highest BCUT2D eigenvalue weighted by Crippen LogP contribution is 2.27. The molecule has 3 aromatic carbocycles. The molecule has 0 N–H and O–H groups in total. The number of rotatable bonds is 5. The number of fused-ring (bicyclic) bond motifs is 1. The van der Waals surface area contributed by atoms with Gasteiger partial charge >= 0.3 is 0 Å². The quantitative estimate of drug-likeness (QED) is 0.441. The predicted octanol–water partition coefficient (Wildman–Crippen LogP) is 4.55. The van der Waals surface area contributed by atoms with Crippen molar-refractivity contribution < 1.29 is 13.9 Å². The summed E-state index contributed by atoms with van der Waals surface area (Å²) in [6.45, 7) is 4.11. The molecule has 0 saturated carbocycles. The van der Waals surface area contributed by atoms with Crippen LogP contribution in [0.2, 0.25) is 0 Å². The third kappa shape index (κ3) is 4.55. The average Bonchev–Trinajstić information content (AvgIpc) is 2.88. The molecular formula is C27H25FN4O2. The third-order valence-corrected chi connectivity index (χ3v) is 6.09. The topological polar surface area (TPSA) is 58.6 Å². The van der Waals surface area contributed by atoms with Gasteiger partial charge in [0.25, 0.3) is 5.91 Å². The van der Waals surface area contributed by atoms with E-state index in [2.05, 4.69) is 39.4 Å². The van der Waals surface area contributed by atoms with Crippen LogP contribution in [0.5, 0.6) is 5.75 Å². The number of hydrogen-bond acceptors (Lipinski definition) is 5. The maximum atomic E-state index is 13.4. The SMILES string of the molecule is CC(Oc1cccc(F)c1)C(=O)N1CCN(c2ccc(-c3cccc4ccccc34)nn2)CC1. The van der Waals surface area contributed by atoms with Gasteiger partial charge in [-0.3, -0.25) is 4.79 Å². The van der Waals surface area contributed by atoms with E-state index in [9.17, 15) is 9.18 Å². The van der Waals surface area contributed by atoms with Crippen molar-refractivity contribution in [3.8, 4) is 17.0 Å². The summed E-state index contributed by atoms with van der Waals surface area (Å²) in [5, 5.41) is 11.3. The normalized spacial score (nSPS) is 14.8. The van der Waals surface area contributed by atoms with E-state index in [1.54, 1.807) is 24.0 Å². The van der Waals surface area contributed by atoms with Gasteiger partial charge in [-0.15, -0.1) is 10.2 Å². The lowest BCUT2D eigenvalue weighted by Crippen LogP contribution is -2.52. The van der Waals surface area contributed by atoms with Gasteiger partial charge in [-0.25, -0.2) is 4.39 Å². The van der Waals surface area contributed by atoms with Crippen LogP contribution >= 0.6 is 0 Å². The summed E-state index contributed by atoms with van der Waals surface area (Å²) in [6, 6.07) is 24.2. The van der Waals surface area contributed by atoms with Crippen molar-refractivity contribution in [3.05, 3.63) is 84.7 Å². The summed E-state index contributed by atoms with van der Waals surface area (Å²) < 4.78 is 19.0. The third-order valence-electron chi connectivity index (χ3n) is 6.09. The van der Waals surface area contributed by atoms with Gasteiger partial charge < -0.3 is 14.5 Å². The minimum atomic E-state index is -0.687. The molecule has 1 aliphatic rings. The number of amides is 1. The van der Waals surface area contributed by atoms with E-state index in [1.807, 2.05) is 30.3 Å². The largest absolute Gasteiger partial charge is 0.481 e. The van der Waals surface area contributed by atoms with E-state index in [1.165, 1.54) is 17.5 Å². The maximum Gasteiger partial charge on any atom is 0.263 e. The van der Waals surface area contributed by atoms with Gasteiger partial charge in [-0.2, -0.15) is 0 Å². The number of piperazine rings is 1. The Morgan fingerprint density at radius 3 is 2.44 bits per heavy atom. The molecule has 4 aromatic rings. The van der Waals surface area contributed by atoms with Crippen molar-refractivity contribution in [2.45, 2.75) is 13.0 Å². The Morgan fingerprint density at radius 2 is 1.68 bits per heavy atom. The van der Waals surface area contributed by atoms with Gasteiger partial charge in [0.2, 0.25) is 0 Å². The minimum absolute atomic E-state index is 0.110. The molecule has 1 atom stereocenters. The Morgan fingerprint density at radius 1 is 0.912 bits per heavy atom. The highest BCUT2D eigenvalue weighted by atomic mass is 19.1. The lowest BCUT2D eigenvalue weighted by Gasteiger charge is -2.36. The summed E-state index contributed by atoms with van der Waals surface area (Å²) >= 11 is 0. The van der Waals surface area contributed by atoms with Crippen molar-refractivity contribution in [1.29, 1.82) is 0 Å². The number of carbonyl (C=O) groups excluding carboxylic acids is 1. The van der Waals surface area contributed by atoms with Crippen molar-refractivity contribution in [3.63, 3.8) is 0 Å². The van der Waals surface area contributed by atoms with Crippen molar-refractivity contribution in [2.75, 3.05) is 31.1 Å². The average molecular weight is 457 g/mol. The van der Waals surface area contributed by atoms with E-state index in [-0.39, 0.29) is 5.91 Å². The molecular weight excluding hydrogens is 431 g/mol. The molecule has 2 heterocycles. The summed E-state index contributed by atoms with van der Waals surface area (Å²) in [5.41, 5.74) is 1.89. The molecule has 0 bridgehead atoms. The zero-order chi connectivity index (χ0) is 23.5. The summed E-state index contributed by atoms with van der Waals surface area (Å²) in [5.74, 6) is 0.640. The Labute approximate surface area is 197 Å². The Hall–Kier alpha value is -4.00. The van der Waals surface area contributed by atoms with Crippen LogP contribution in [0.1, 0.15) is 6.92 Å². The van der Waals surface area contributed by atoms with E-state index >= 15 is 0 Å². The minimum Gasteiger partial charge on any atom is -0.481 e. The molecule has 34 heavy (non-hydrogen) atoms.